The SMILES string of the molecule is CO.O.c1ccncc1. The van der Waals surface area contributed by atoms with Crippen molar-refractivity contribution in [2.45, 2.75) is 0 Å². The van der Waals surface area contributed by atoms with Gasteiger partial charge in [-0.2, -0.15) is 0 Å². The van der Waals surface area contributed by atoms with Crippen molar-refractivity contribution in [2.75, 3.05) is 7.11 Å². The summed E-state index contributed by atoms with van der Waals surface area (Å²) in [7, 11) is 1.00. The average molecular weight is 129 g/mol. The van der Waals surface area contributed by atoms with Crippen LogP contribution in [0.15, 0.2) is 30.6 Å². The average Bonchev–Trinajstić information content (AvgIpc) is 1.96. The fourth-order valence-corrected chi connectivity index (χ4v) is 0.313. The Bertz CT molecular complexity index is 83.0. The highest BCUT2D eigenvalue weighted by Gasteiger charge is 1.58. The summed E-state index contributed by atoms with van der Waals surface area (Å²) in [5.41, 5.74) is 0. The molecular weight excluding hydrogens is 118 g/mol. The standard InChI is InChI=1S/C5H5N.CH4O.H2O/c1-2-4-6-5-3-1;1-2;/h1-5H;2H,1H3;1H2. The van der Waals surface area contributed by atoms with Gasteiger partial charge in [-0.1, -0.05) is 6.07 Å². The zero-order valence-corrected chi connectivity index (χ0v) is 5.28. The Balaban J connectivity index is 0. The van der Waals surface area contributed by atoms with Crippen LogP contribution in [-0.2, 0) is 0 Å². The van der Waals surface area contributed by atoms with Crippen LogP contribution in [0.1, 0.15) is 0 Å². The van der Waals surface area contributed by atoms with Crippen LogP contribution in [0, 0.1) is 0 Å². The van der Waals surface area contributed by atoms with E-state index in [-0.39, 0.29) is 5.48 Å². The van der Waals surface area contributed by atoms with Gasteiger partial charge in [-0.15, -0.1) is 0 Å². The summed E-state index contributed by atoms with van der Waals surface area (Å²) in [6.45, 7) is 0. The highest BCUT2D eigenvalue weighted by molar-refractivity contribution is 4.88. The van der Waals surface area contributed by atoms with Crippen LogP contribution in [-0.4, -0.2) is 22.7 Å². The second kappa shape index (κ2) is 10.1. The van der Waals surface area contributed by atoms with Crippen molar-refractivity contribution < 1.29 is 10.6 Å². The van der Waals surface area contributed by atoms with Gasteiger partial charge in [0.2, 0.25) is 0 Å². The molecule has 1 heterocycles. The molecule has 0 aliphatic carbocycles. The fraction of sp³-hybridized carbons (Fsp3) is 0.167. The maximum absolute atomic E-state index is 7.00. The van der Waals surface area contributed by atoms with E-state index in [4.69, 9.17) is 5.11 Å². The van der Waals surface area contributed by atoms with E-state index < -0.39 is 0 Å². The molecule has 0 aliphatic rings. The van der Waals surface area contributed by atoms with E-state index in [2.05, 4.69) is 4.98 Å². The lowest BCUT2D eigenvalue weighted by Gasteiger charge is -1.70. The number of hydrogen-bond acceptors (Lipinski definition) is 2. The van der Waals surface area contributed by atoms with Crippen LogP contribution in [0.25, 0.3) is 0 Å². The van der Waals surface area contributed by atoms with Gasteiger partial charge in [0.25, 0.3) is 0 Å². The molecule has 3 N–H and O–H groups in total. The van der Waals surface area contributed by atoms with E-state index in [0.29, 0.717) is 0 Å². The van der Waals surface area contributed by atoms with E-state index >= 15 is 0 Å². The minimum atomic E-state index is 0. The molecule has 3 nitrogen and oxygen atoms in total. The van der Waals surface area contributed by atoms with Gasteiger partial charge >= 0.3 is 0 Å². The van der Waals surface area contributed by atoms with Crippen molar-refractivity contribution in [3.8, 4) is 0 Å². The summed E-state index contributed by atoms with van der Waals surface area (Å²) in [6.07, 6.45) is 3.50. The maximum atomic E-state index is 7.00. The molecule has 0 aliphatic heterocycles. The molecule has 0 saturated carbocycles. The molecule has 0 radical (unpaired) electrons. The molecular formula is C6H11NO2. The number of pyridine rings is 1. The Hall–Kier alpha value is -0.930. The highest BCUT2D eigenvalue weighted by atomic mass is 16.2. The van der Waals surface area contributed by atoms with E-state index in [1.165, 1.54) is 0 Å². The van der Waals surface area contributed by atoms with E-state index in [0.717, 1.165) is 7.11 Å². The second-order valence-corrected chi connectivity index (χ2v) is 1.02. The third-order valence-corrected chi connectivity index (χ3v) is 0.566. The Labute approximate surface area is 54.3 Å². The number of aliphatic hydroxyl groups excluding tert-OH is 1. The van der Waals surface area contributed by atoms with Crippen LogP contribution in [0.3, 0.4) is 0 Å². The highest BCUT2D eigenvalue weighted by Crippen LogP contribution is 1.73. The predicted octanol–water partition coefficient (Wildman–Crippen LogP) is -0.135. The van der Waals surface area contributed by atoms with Crippen molar-refractivity contribution in [3.05, 3.63) is 30.6 Å². The van der Waals surface area contributed by atoms with Gasteiger partial charge in [-0.05, 0) is 12.1 Å². The summed E-state index contributed by atoms with van der Waals surface area (Å²) in [4.78, 5) is 3.78. The largest absolute Gasteiger partial charge is 0.412 e. The van der Waals surface area contributed by atoms with Crippen LogP contribution in [0.4, 0.5) is 0 Å². The van der Waals surface area contributed by atoms with Crippen LogP contribution in [0.2, 0.25) is 0 Å². The minimum Gasteiger partial charge on any atom is -0.412 e. The number of hydrogen-bond donors (Lipinski definition) is 1. The third-order valence-electron chi connectivity index (χ3n) is 0.566. The van der Waals surface area contributed by atoms with Crippen LogP contribution < -0.4 is 0 Å². The second-order valence-electron chi connectivity index (χ2n) is 1.02. The van der Waals surface area contributed by atoms with Crippen molar-refractivity contribution in [1.29, 1.82) is 0 Å². The number of aromatic nitrogens is 1. The molecule has 9 heavy (non-hydrogen) atoms. The Morgan fingerprint density at radius 3 is 1.56 bits per heavy atom. The molecule has 1 aromatic rings. The first-order chi connectivity index (χ1) is 4.00. The van der Waals surface area contributed by atoms with Gasteiger partial charge in [0.1, 0.15) is 0 Å². The normalized spacial score (nSPS) is 6.00. The van der Waals surface area contributed by atoms with E-state index in [1.807, 2.05) is 18.2 Å². The van der Waals surface area contributed by atoms with Crippen molar-refractivity contribution in [1.82, 2.24) is 4.98 Å². The number of nitrogens with zero attached hydrogens (tertiary/aromatic N) is 1. The fourth-order valence-electron chi connectivity index (χ4n) is 0.313. The first-order valence-electron chi connectivity index (χ1n) is 2.30. The van der Waals surface area contributed by atoms with Crippen molar-refractivity contribution in [2.24, 2.45) is 0 Å². The smallest absolute Gasteiger partial charge is 0.0319 e. The van der Waals surface area contributed by atoms with Gasteiger partial charge in [-0.25, -0.2) is 0 Å². The van der Waals surface area contributed by atoms with Crippen molar-refractivity contribution in [3.63, 3.8) is 0 Å². The van der Waals surface area contributed by atoms with Gasteiger partial charge in [0.15, 0.2) is 0 Å². The lowest BCUT2D eigenvalue weighted by Crippen LogP contribution is -1.58. The molecule has 1 rings (SSSR count). The first-order valence-corrected chi connectivity index (χ1v) is 2.30. The summed E-state index contributed by atoms with van der Waals surface area (Å²) in [6, 6.07) is 5.72. The molecule has 0 fully saturated rings. The molecule has 0 spiro atoms. The molecule has 1 aromatic heterocycles. The quantitative estimate of drug-likeness (QED) is 0.530. The summed E-state index contributed by atoms with van der Waals surface area (Å²) < 4.78 is 0. The molecule has 0 saturated heterocycles. The molecule has 0 atom stereocenters. The number of aliphatic hydroxyl groups is 1. The molecule has 0 aromatic carbocycles. The molecule has 52 valence electrons. The lowest BCUT2D eigenvalue weighted by molar-refractivity contribution is 0.399. The Morgan fingerprint density at radius 2 is 1.44 bits per heavy atom. The van der Waals surface area contributed by atoms with Crippen LogP contribution >= 0.6 is 0 Å². The van der Waals surface area contributed by atoms with Gasteiger partial charge < -0.3 is 10.6 Å². The summed E-state index contributed by atoms with van der Waals surface area (Å²) in [5, 5.41) is 7.00. The van der Waals surface area contributed by atoms with E-state index in [9.17, 15) is 0 Å². The monoisotopic (exact) mass is 129 g/mol. The zero-order valence-electron chi connectivity index (χ0n) is 5.28. The van der Waals surface area contributed by atoms with Gasteiger partial charge in [0.05, 0.1) is 0 Å². The van der Waals surface area contributed by atoms with Crippen molar-refractivity contribution >= 4 is 0 Å². The lowest BCUT2D eigenvalue weighted by atomic mass is 10.5. The first kappa shape index (κ1) is 10.9. The predicted molar refractivity (Wildman–Crippen MR) is 36.0 cm³/mol. The summed E-state index contributed by atoms with van der Waals surface area (Å²) >= 11 is 0. The van der Waals surface area contributed by atoms with E-state index in [1.54, 1.807) is 12.4 Å². The maximum Gasteiger partial charge on any atom is 0.0319 e. The zero-order chi connectivity index (χ0) is 6.24. The Kier molecular flexibility index (Phi) is 12.3. The topological polar surface area (TPSA) is 64.6 Å². The van der Waals surface area contributed by atoms with Gasteiger partial charge in [0, 0.05) is 19.5 Å². The third kappa shape index (κ3) is 7.07. The van der Waals surface area contributed by atoms with Crippen LogP contribution in [0.5, 0.6) is 0 Å². The molecule has 3 heteroatoms. The number of rotatable bonds is 0. The Morgan fingerprint density at radius 1 is 1.00 bits per heavy atom. The summed E-state index contributed by atoms with van der Waals surface area (Å²) in [5.74, 6) is 0. The molecule has 0 amide bonds. The van der Waals surface area contributed by atoms with Gasteiger partial charge in [-0.3, -0.25) is 4.98 Å². The molecule has 0 unspecified atom stereocenters. The molecule has 0 bridgehead atoms. The minimum absolute atomic E-state index is 0.